The SMILES string of the molecule is Clc1ccc(NC2=NCCS2)c(Cl)c1Cl. The fourth-order valence-electron chi connectivity index (χ4n) is 1.15. The number of aliphatic imine (C=N–C) groups is 1. The molecular weight excluding hydrogens is 275 g/mol. The molecule has 0 atom stereocenters. The zero-order valence-electron chi connectivity index (χ0n) is 7.56. The summed E-state index contributed by atoms with van der Waals surface area (Å²) in [5, 5.41) is 5.24. The van der Waals surface area contributed by atoms with Crippen LogP contribution in [0, 0.1) is 0 Å². The fraction of sp³-hybridized carbons (Fsp3) is 0.222. The molecule has 1 heterocycles. The lowest BCUT2D eigenvalue weighted by Crippen LogP contribution is -2.05. The van der Waals surface area contributed by atoms with Crippen LogP contribution in [0.3, 0.4) is 0 Å². The van der Waals surface area contributed by atoms with Crippen molar-refractivity contribution in [2.75, 3.05) is 17.6 Å². The van der Waals surface area contributed by atoms with Crippen molar-refractivity contribution < 1.29 is 0 Å². The van der Waals surface area contributed by atoms with Crippen molar-refractivity contribution in [3.8, 4) is 0 Å². The molecule has 6 heteroatoms. The molecule has 0 unspecified atom stereocenters. The Morgan fingerprint density at radius 1 is 1.20 bits per heavy atom. The summed E-state index contributed by atoms with van der Waals surface area (Å²) in [7, 11) is 0. The maximum Gasteiger partial charge on any atom is 0.161 e. The maximum atomic E-state index is 6.03. The summed E-state index contributed by atoms with van der Waals surface area (Å²) in [6.45, 7) is 0.839. The first kappa shape index (κ1) is 11.4. The number of nitrogens with zero attached hydrogens (tertiary/aromatic N) is 1. The van der Waals surface area contributed by atoms with Gasteiger partial charge in [-0.1, -0.05) is 46.6 Å². The molecule has 0 saturated heterocycles. The molecule has 2 rings (SSSR count). The smallest absolute Gasteiger partial charge is 0.161 e. The van der Waals surface area contributed by atoms with E-state index in [2.05, 4.69) is 10.3 Å². The van der Waals surface area contributed by atoms with Gasteiger partial charge < -0.3 is 5.32 Å². The van der Waals surface area contributed by atoms with Gasteiger partial charge in [-0.25, -0.2) is 0 Å². The summed E-state index contributed by atoms with van der Waals surface area (Å²) >= 11 is 19.4. The highest BCUT2D eigenvalue weighted by atomic mass is 35.5. The van der Waals surface area contributed by atoms with Crippen LogP contribution in [0.2, 0.25) is 15.1 Å². The van der Waals surface area contributed by atoms with Crippen molar-refractivity contribution in [3.05, 3.63) is 27.2 Å². The summed E-state index contributed by atoms with van der Waals surface area (Å²) < 4.78 is 0. The number of nitrogens with one attached hydrogen (secondary N) is 1. The molecule has 1 aliphatic rings. The van der Waals surface area contributed by atoms with Gasteiger partial charge in [0.15, 0.2) is 5.17 Å². The van der Waals surface area contributed by atoms with Gasteiger partial charge in [0.2, 0.25) is 0 Å². The first-order chi connectivity index (χ1) is 7.18. The quantitative estimate of drug-likeness (QED) is 0.782. The third kappa shape index (κ3) is 2.53. The molecule has 1 aromatic rings. The highest BCUT2D eigenvalue weighted by Gasteiger charge is 2.12. The maximum absolute atomic E-state index is 6.03. The molecule has 1 aromatic carbocycles. The molecule has 80 valence electrons. The Hall–Kier alpha value is -0.0900. The van der Waals surface area contributed by atoms with Crippen molar-refractivity contribution in [2.24, 2.45) is 4.99 Å². The number of halogens is 3. The standard InChI is InChI=1S/C9H7Cl3N2S/c10-5-1-2-6(8(12)7(5)11)14-9-13-3-4-15-9/h1-2H,3-4H2,(H,13,14). The van der Waals surface area contributed by atoms with Gasteiger partial charge >= 0.3 is 0 Å². The normalized spacial score (nSPS) is 15.3. The van der Waals surface area contributed by atoms with Crippen LogP contribution in [0.15, 0.2) is 17.1 Å². The average molecular weight is 282 g/mol. The van der Waals surface area contributed by atoms with Crippen molar-refractivity contribution in [1.82, 2.24) is 0 Å². The summed E-state index contributed by atoms with van der Waals surface area (Å²) in [6.07, 6.45) is 0. The Morgan fingerprint density at radius 2 is 2.00 bits per heavy atom. The molecule has 15 heavy (non-hydrogen) atoms. The first-order valence-electron chi connectivity index (χ1n) is 4.26. The van der Waals surface area contributed by atoms with E-state index < -0.39 is 0 Å². The number of hydrogen-bond acceptors (Lipinski definition) is 3. The second-order valence-corrected chi connectivity index (χ2v) is 5.13. The van der Waals surface area contributed by atoms with Crippen LogP contribution in [0.1, 0.15) is 0 Å². The molecule has 1 N–H and O–H groups in total. The van der Waals surface area contributed by atoms with Crippen molar-refractivity contribution in [3.63, 3.8) is 0 Å². The number of thioether (sulfide) groups is 1. The van der Waals surface area contributed by atoms with Crippen molar-refractivity contribution >= 4 is 57.4 Å². The third-order valence-corrected chi connectivity index (χ3v) is 4.05. The van der Waals surface area contributed by atoms with Crippen LogP contribution in [-0.2, 0) is 0 Å². The molecule has 0 aliphatic carbocycles. The van der Waals surface area contributed by atoms with E-state index in [9.17, 15) is 0 Å². The Morgan fingerprint density at radius 3 is 2.67 bits per heavy atom. The van der Waals surface area contributed by atoms with E-state index >= 15 is 0 Å². The number of amidine groups is 1. The van der Waals surface area contributed by atoms with Crippen molar-refractivity contribution in [2.45, 2.75) is 0 Å². The molecule has 2 nitrogen and oxygen atoms in total. The Bertz CT molecular complexity index is 420. The molecule has 0 saturated carbocycles. The molecule has 0 spiro atoms. The summed E-state index contributed by atoms with van der Waals surface area (Å²) in [4.78, 5) is 4.26. The largest absolute Gasteiger partial charge is 0.334 e. The lowest BCUT2D eigenvalue weighted by molar-refractivity contribution is 1.17. The van der Waals surface area contributed by atoms with Gasteiger partial charge in [0.25, 0.3) is 0 Å². The Labute approximate surface area is 107 Å². The number of anilines is 1. The van der Waals surface area contributed by atoms with Gasteiger partial charge in [-0.2, -0.15) is 0 Å². The van der Waals surface area contributed by atoms with E-state index in [0.717, 1.165) is 23.2 Å². The van der Waals surface area contributed by atoms with Crippen LogP contribution < -0.4 is 5.32 Å². The zero-order chi connectivity index (χ0) is 10.8. The Kier molecular flexibility index (Phi) is 3.67. The molecule has 0 amide bonds. The second kappa shape index (κ2) is 4.83. The zero-order valence-corrected chi connectivity index (χ0v) is 10.6. The van der Waals surface area contributed by atoms with Crippen LogP contribution in [-0.4, -0.2) is 17.5 Å². The van der Waals surface area contributed by atoms with Gasteiger partial charge in [-0.3, -0.25) is 4.99 Å². The Balaban J connectivity index is 2.25. The topological polar surface area (TPSA) is 24.4 Å². The van der Waals surface area contributed by atoms with Crippen LogP contribution in [0.5, 0.6) is 0 Å². The van der Waals surface area contributed by atoms with E-state index in [1.54, 1.807) is 23.9 Å². The molecule has 0 fully saturated rings. The summed E-state index contributed by atoms with van der Waals surface area (Å²) in [5.74, 6) is 1.00. The monoisotopic (exact) mass is 280 g/mol. The van der Waals surface area contributed by atoms with E-state index in [-0.39, 0.29) is 0 Å². The highest BCUT2D eigenvalue weighted by Crippen LogP contribution is 2.36. The third-order valence-electron chi connectivity index (χ3n) is 1.86. The lowest BCUT2D eigenvalue weighted by Gasteiger charge is -2.09. The van der Waals surface area contributed by atoms with E-state index in [4.69, 9.17) is 34.8 Å². The fourth-order valence-corrected chi connectivity index (χ4v) is 2.47. The van der Waals surface area contributed by atoms with Crippen LogP contribution in [0.4, 0.5) is 5.69 Å². The van der Waals surface area contributed by atoms with Gasteiger partial charge in [-0.05, 0) is 12.1 Å². The summed E-state index contributed by atoms with van der Waals surface area (Å²) in [6, 6.07) is 3.50. The van der Waals surface area contributed by atoms with Gasteiger partial charge in [-0.15, -0.1) is 0 Å². The van der Waals surface area contributed by atoms with Gasteiger partial charge in [0.05, 0.1) is 27.3 Å². The van der Waals surface area contributed by atoms with E-state index in [1.807, 2.05) is 0 Å². The molecule has 0 aromatic heterocycles. The number of rotatable bonds is 1. The molecular formula is C9H7Cl3N2S. The minimum atomic E-state index is 0.368. The predicted octanol–water partition coefficient (Wildman–Crippen LogP) is 4.16. The van der Waals surface area contributed by atoms with Crippen LogP contribution >= 0.6 is 46.6 Å². The number of benzene rings is 1. The predicted molar refractivity (Wildman–Crippen MR) is 69.9 cm³/mol. The van der Waals surface area contributed by atoms with Gasteiger partial charge in [0, 0.05) is 5.75 Å². The second-order valence-electron chi connectivity index (χ2n) is 2.88. The molecule has 0 radical (unpaired) electrons. The molecule has 0 bridgehead atoms. The van der Waals surface area contributed by atoms with E-state index in [1.165, 1.54) is 0 Å². The molecule has 1 aliphatic heterocycles. The minimum absolute atomic E-state index is 0.368. The van der Waals surface area contributed by atoms with Gasteiger partial charge in [0.1, 0.15) is 0 Å². The minimum Gasteiger partial charge on any atom is -0.334 e. The van der Waals surface area contributed by atoms with Crippen molar-refractivity contribution in [1.29, 1.82) is 0 Å². The lowest BCUT2D eigenvalue weighted by atomic mass is 10.3. The average Bonchev–Trinajstić information content (AvgIpc) is 2.72. The number of hydrogen-bond donors (Lipinski definition) is 1. The van der Waals surface area contributed by atoms with Crippen LogP contribution in [0.25, 0.3) is 0 Å². The van der Waals surface area contributed by atoms with E-state index in [0.29, 0.717) is 15.1 Å². The first-order valence-corrected chi connectivity index (χ1v) is 6.38. The summed E-state index contributed by atoms with van der Waals surface area (Å²) in [5.41, 5.74) is 0.735. The highest BCUT2D eigenvalue weighted by molar-refractivity contribution is 8.14.